The van der Waals surface area contributed by atoms with Gasteiger partial charge in [-0.05, 0) is 18.9 Å². The molecule has 11 heteroatoms. The van der Waals surface area contributed by atoms with Crippen LogP contribution in [0.5, 0.6) is 0 Å². The quantitative estimate of drug-likeness (QED) is 0.237. The molecule has 0 atom stereocenters. The summed E-state index contributed by atoms with van der Waals surface area (Å²) in [6.45, 7) is 5.86. The van der Waals surface area contributed by atoms with Gasteiger partial charge in [-0.3, -0.25) is 0 Å². The van der Waals surface area contributed by atoms with Crippen LogP contribution in [-0.4, -0.2) is 24.7 Å². The minimum atomic E-state index is -1.67. The van der Waals surface area contributed by atoms with Crippen molar-refractivity contribution in [2.75, 3.05) is 0 Å². The fraction of sp³-hybridized carbons (Fsp3) is 0.524. The Morgan fingerprint density at radius 2 is 1.41 bits per heavy atom. The molecule has 3 aromatic rings. The van der Waals surface area contributed by atoms with E-state index in [1.165, 1.54) is 6.07 Å². The van der Waals surface area contributed by atoms with Gasteiger partial charge in [0.05, 0.1) is 13.1 Å². The van der Waals surface area contributed by atoms with E-state index in [0.29, 0.717) is 0 Å². The van der Waals surface area contributed by atoms with Gasteiger partial charge in [-0.15, -0.1) is 9.36 Å². The van der Waals surface area contributed by atoms with Crippen LogP contribution < -0.4 is 43.1 Å². The largest absolute Gasteiger partial charge is 1.00 e. The number of rotatable bonds is 11. The maximum atomic E-state index is 14.6. The number of benzene rings is 1. The van der Waals surface area contributed by atoms with Gasteiger partial charge in [-0.1, -0.05) is 32.8 Å². The summed E-state index contributed by atoms with van der Waals surface area (Å²) in [5.41, 5.74) is -1.66. The molecule has 0 aliphatic carbocycles. The summed E-state index contributed by atoms with van der Waals surface area (Å²) in [6.07, 6.45) is 11.1. The monoisotopic (exact) mass is 578 g/mol. The van der Waals surface area contributed by atoms with Crippen LogP contribution in [-0.2, 0) is 31.8 Å². The van der Waals surface area contributed by atoms with Crippen molar-refractivity contribution >= 4 is 0 Å². The first kappa shape index (κ1) is 28.3. The minimum absolute atomic E-state index is 0. The molecule has 0 bridgehead atoms. The Balaban J connectivity index is 0.00000256. The summed E-state index contributed by atoms with van der Waals surface area (Å²) >= 11 is 0. The van der Waals surface area contributed by atoms with Gasteiger partial charge in [0.1, 0.15) is 24.7 Å². The molecule has 0 saturated heterocycles. The highest BCUT2D eigenvalue weighted by Gasteiger charge is 2.39. The molecule has 0 aliphatic rings. The first-order chi connectivity index (χ1) is 14.4. The average Bonchev–Trinajstić information content (AvgIpc) is 3.33. The molecule has 7 nitrogen and oxygen atoms in total. The molecule has 2 aromatic heterocycles. The van der Waals surface area contributed by atoms with Crippen molar-refractivity contribution in [1.29, 1.82) is 0 Å². The molecular weight excluding hydrogens is 550 g/mol. The third-order valence-electron chi connectivity index (χ3n) is 5.08. The van der Waals surface area contributed by atoms with E-state index >= 15 is 0 Å². The summed E-state index contributed by atoms with van der Waals surface area (Å²) in [7, 11) is 0. The molecule has 0 amide bonds. The summed E-state index contributed by atoms with van der Waals surface area (Å²) in [4.78, 5) is 0. The van der Waals surface area contributed by atoms with Crippen LogP contribution in [0, 0.1) is 11.6 Å². The topological polar surface area (TPSA) is 63.6 Å². The Hall–Kier alpha value is -1.72. The maximum absolute atomic E-state index is 14.6. The molecule has 0 saturated carbocycles. The normalized spacial score (nSPS) is 11.2. The van der Waals surface area contributed by atoms with Crippen molar-refractivity contribution < 1.29 is 57.0 Å². The molecule has 0 fully saturated rings. The minimum Gasteiger partial charge on any atom is -1.00 e. The number of unbranched alkanes of at least 4 members (excludes halogenated alkanes) is 2. The van der Waals surface area contributed by atoms with E-state index in [4.69, 9.17) is 0 Å². The van der Waals surface area contributed by atoms with Crippen molar-refractivity contribution in [3.05, 3.63) is 60.7 Å². The fourth-order valence-electron chi connectivity index (χ4n) is 3.43. The molecule has 3 rings (SSSR count). The van der Waals surface area contributed by atoms with E-state index in [-0.39, 0.29) is 52.6 Å². The van der Waals surface area contributed by atoms with E-state index in [1.54, 1.807) is 34.7 Å². The SMILES string of the molecule is CCCC[n+]1cnn(CC(O)(Cn2c[n+](CCCC)cn2)c2ccc(F)cc2F)c1.[Br-].[Br-]. The lowest BCUT2D eigenvalue weighted by molar-refractivity contribution is -0.698. The second-order valence-corrected chi connectivity index (χ2v) is 7.73. The molecule has 1 aromatic carbocycles. The predicted octanol–water partition coefficient (Wildman–Crippen LogP) is -3.87. The maximum Gasteiger partial charge on any atom is 0.265 e. The number of aromatic nitrogens is 6. The predicted molar refractivity (Wildman–Crippen MR) is 105 cm³/mol. The van der Waals surface area contributed by atoms with Gasteiger partial charge in [0.2, 0.25) is 12.7 Å². The third kappa shape index (κ3) is 7.41. The summed E-state index contributed by atoms with van der Waals surface area (Å²) in [5, 5.41) is 20.1. The fourth-order valence-corrected chi connectivity index (χ4v) is 3.43. The standard InChI is InChI=1S/C21H30F2N6O.2BrH/c1-3-5-9-26-14-24-28(16-26)12-21(30,19-8-7-18(22)11-20(19)23)13-29-17-27(15-25-29)10-6-4-2;;/h7-8,11,14-17,30H,3-6,9-10,12-13H2,1-2H3;2*1H/q+2;;/p-2. The number of hydrogen-bond donors (Lipinski definition) is 1. The molecule has 2 heterocycles. The van der Waals surface area contributed by atoms with Gasteiger partial charge < -0.3 is 39.1 Å². The second-order valence-electron chi connectivity index (χ2n) is 7.73. The number of hydrogen-bond acceptors (Lipinski definition) is 3. The van der Waals surface area contributed by atoms with Crippen LogP contribution in [0.15, 0.2) is 43.5 Å². The molecular formula is C21H30Br2F2N6O. The van der Waals surface area contributed by atoms with Crippen LogP contribution in [0.4, 0.5) is 8.78 Å². The van der Waals surface area contributed by atoms with Gasteiger partial charge in [-0.25, -0.2) is 17.9 Å². The number of halogens is 4. The zero-order valence-electron chi connectivity index (χ0n) is 18.3. The van der Waals surface area contributed by atoms with Crippen molar-refractivity contribution in [3.63, 3.8) is 0 Å². The van der Waals surface area contributed by atoms with Crippen LogP contribution in [0.25, 0.3) is 0 Å². The Morgan fingerprint density at radius 3 is 1.84 bits per heavy atom. The Labute approximate surface area is 208 Å². The van der Waals surface area contributed by atoms with Gasteiger partial charge in [-0.2, -0.15) is 0 Å². The van der Waals surface area contributed by atoms with E-state index in [9.17, 15) is 13.9 Å². The Morgan fingerprint density at radius 1 is 0.906 bits per heavy atom. The number of nitrogens with zero attached hydrogens (tertiary/aromatic N) is 6. The van der Waals surface area contributed by atoms with Crippen LogP contribution in [0.3, 0.4) is 0 Å². The molecule has 0 spiro atoms. The van der Waals surface area contributed by atoms with E-state index in [0.717, 1.165) is 50.9 Å². The van der Waals surface area contributed by atoms with E-state index < -0.39 is 17.2 Å². The number of aliphatic hydroxyl groups is 1. The second kappa shape index (κ2) is 13.1. The molecule has 0 radical (unpaired) electrons. The number of aryl methyl sites for hydroxylation is 2. The van der Waals surface area contributed by atoms with Crippen LogP contribution in [0.2, 0.25) is 0 Å². The Bertz CT molecular complexity index is 917. The summed E-state index contributed by atoms with van der Waals surface area (Å²) in [5.74, 6) is -1.49. The first-order valence-electron chi connectivity index (χ1n) is 10.4. The lowest BCUT2D eigenvalue weighted by atomic mass is 9.93. The first-order valence-corrected chi connectivity index (χ1v) is 10.4. The van der Waals surface area contributed by atoms with Gasteiger partial charge in [0, 0.05) is 21.8 Å². The molecule has 1 N–H and O–H groups in total. The van der Waals surface area contributed by atoms with Crippen LogP contribution >= 0.6 is 0 Å². The highest BCUT2D eigenvalue weighted by molar-refractivity contribution is 5.25. The molecule has 0 unspecified atom stereocenters. The van der Waals surface area contributed by atoms with Crippen molar-refractivity contribution in [2.24, 2.45) is 0 Å². The van der Waals surface area contributed by atoms with Gasteiger partial charge in [0.15, 0.2) is 5.60 Å². The Kier molecular flexibility index (Phi) is 11.6. The van der Waals surface area contributed by atoms with Crippen molar-refractivity contribution in [3.8, 4) is 0 Å². The zero-order valence-corrected chi connectivity index (χ0v) is 21.5. The smallest absolute Gasteiger partial charge is 0.265 e. The zero-order chi connectivity index (χ0) is 21.6. The average molecular weight is 580 g/mol. The summed E-state index contributed by atoms with van der Waals surface area (Å²) < 4.78 is 35.1. The van der Waals surface area contributed by atoms with Gasteiger partial charge in [0.25, 0.3) is 12.7 Å². The lowest BCUT2D eigenvalue weighted by Crippen LogP contribution is -3.00. The van der Waals surface area contributed by atoms with Gasteiger partial charge >= 0.3 is 0 Å². The lowest BCUT2D eigenvalue weighted by Gasteiger charge is -2.24. The van der Waals surface area contributed by atoms with E-state index in [1.807, 2.05) is 9.13 Å². The van der Waals surface area contributed by atoms with Crippen LogP contribution in [0.1, 0.15) is 45.1 Å². The third-order valence-corrected chi connectivity index (χ3v) is 5.08. The molecule has 32 heavy (non-hydrogen) atoms. The van der Waals surface area contributed by atoms with Crippen molar-refractivity contribution in [2.45, 2.75) is 71.3 Å². The van der Waals surface area contributed by atoms with E-state index in [2.05, 4.69) is 24.0 Å². The highest BCUT2D eigenvalue weighted by Crippen LogP contribution is 2.28. The van der Waals surface area contributed by atoms with Crippen molar-refractivity contribution in [1.82, 2.24) is 19.6 Å². The summed E-state index contributed by atoms with van der Waals surface area (Å²) in [6, 6.07) is 3.22. The molecule has 0 aliphatic heterocycles. The molecule has 178 valence electrons. The highest BCUT2D eigenvalue weighted by atomic mass is 79.9.